The number of nitrogens with one attached hydrogen (secondary N) is 1. The predicted octanol–water partition coefficient (Wildman–Crippen LogP) is 3.69. The predicted molar refractivity (Wildman–Crippen MR) is 66.5 cm³/mol. The van der Waals surface area contributed by atoms with Gasteiger partial charge in [0.2, 0.25) is 0 Å². The van der Waals surface area contributed by atoms with Gasteiger partial charge in [0.1, 0.15) is 5.82 Å². The van der Waals surface area contributed by atoms with Crippen LogP contribution in [0.5, 0.6) is 0 Å². The minimum Gasteiger partial charge on any atom is -0.383 e. The van der Waals surface area contributed by atoms with Crippen LogP contribution in [0.25, 0.3) is 0 Å². The van der Waals surface area contributed by atoms with E-state index in [-0.39, 0.29) is 5.82 Å². The van der Waals surface area contributed by atoms with Crippen molar-refractivity contribution in [3.05, 3.63) is 27.4 Å². The van der Waals surface area contributed by atoms with Gasteiger partial charge in [-0.05, 0) is 34.5 Å². The smallest absolute Gasteiger partial charge is 0.125 e. The fourth-order valence-electron chi connectivity index (χ4n) is 1.70. The lowest BCUT2D eigenvalue weighted by atomic mass is 10.1. The third kappa shape index (κ3) is 2.87. The molecular weight excluding hydrogens is 296 g/mol. The highest BCUT2D eigenvalue weighted by molar-refractivity contribution is 9.10. The van der Waals surface area contributed by atoms with E-state index in [0.717, 1.165) is 31.9 Å². The average molecular weight is 309 g/mol. The van der Waals surface area contributed by atoms with Crippen LogP contribution in [-0.4, -0.2) is 19.8 Å². The van der Waals surface area contributed by atoms with Gasteiger partial charge in [0, 0.05) is 23.5 Å². The largest absolute Gasteiger partial charge is 0.383 e. The van der Waals surface area contributed by atoms with Crippen molar-refractivity contribution in [3.63, 3.8) is 0 Å². The van der Waals surface area contributed by atoms with E-state index >= 15 is 0 Å². The van der Waals surface area contributed by atoms with Crippen molar-refractivity contribution in [2.24, 2.45) is 5.92 Å². The van der Waals surface area contributed by atoms with Gasteiger partial charge in [-0.1, -0.05) is 11.6 Å². The van der Waals surface area contributed by atoms with Crippen molar-refractivity contribution >= 4 is 33.2 Å². The van der Waals surface area contributed by atoms with Gasteiger partial charge < -0.3 is 10.1 Å². The molecule has 1 saturated heterocycles. The third-order valence-corrected chi connectivity index (χ3v) is 3.52. The van der Waals surface area contributed by atoms with Gasteiger partial charge in [0.25, 0.3) is 0 Å². The van der Waals surface area contributed by atoms with Crippen LogP contribution in [0.2, 0.25) is 5.02 Å². The molecule has 0 aromatic heterocycles. The lowest BCUT2D eigenvalue weighted by molar-refractivity contribution is 0.187. The molecule has 0 aliphatic carbocycles. The van der Waals surface area contributed by atoms with E-state index in [1.165, 1.54) is 12.1 Å². The summed E-state index contributed by atoms with van der Waals surface area (Å²) in [4.78, 5) is 0. The molecule has 1 aromatic rings. The summed E-state index contributed by atoms with van der Waals surface area (Å²) >= 11 is 9.25. The fraction of sp³-hybridized carbons (Fsp3) is 0.455. The maximum Gasteiger partial charge on any atom is 0.125 e. The lowest BCUT2D eigenvalue weighted by Gasteiger charge is -2.13. The molecule has 0 amide bonds. The van der Waals surface area contributed by atoms with E-state index in [1.807, 2.05) is 0 Å². The Balaban J connectivity index is 2.03. The summed E-state index contributed by atoms with van der Waals surface area (Å²) in [5, 5.41) is 3.62. The topological polar surface area (TPSA) is 21.3 Å². The minimum atomic E-state index is -0.341. The molecule has 1 atom stereocenters. The van der Waals surface area contributed by atoms with Crippen molar-refractivity contribution in [2.75, 3.05) is 25.1 Å². The highest BCUT2D eigenvalue weighted by Gasteiger charge is 2.16. The standard InChI is InChI=1S/C11H12BrClFNO/c12-9-3-8(14)4-10(13)11(9)15-5-7-1-2-16-6-7/h3-4,7,15H,1-2,5-6H2. The van der Waals surface area contributed by atoms with Crippen molar-refractivity contribution in [1.82, 2.24) is 0 Å². The first-order chi connectivity index (χ1) is 7.66. The van der Waals surface area contributed by atoms with Crippen molar-refractivity contribution in [2.45, 2.75) is 6.42 Å². The molecule has 0 spiro atoms. The zero-order valence-corrected chi connectivity index (χ0v) is 10.9. The number of hydrogen-bond acceptors (Lipinski definition) is 2. The summed E-state index contributed by atoms with van der Waals surface area (Å²) in [5.41, 5.74) is 0.745. The van der Waals surface area contributed by atoms with Gasteiger partial charge in [-0.15, -0.1) is 0 Å². The normalized spacial score (nSPS) is 20.1. The maximum atomic E-state index is 13.0. The summed E-state index contributed by atoms with van der Waals surface area (Å²) in [6, 6.07) is 2.71. The third-order valence-electron chi connectivity index (χ3n) is 2.60. The highest BCUT2D eigenvalue weighted by Crippen LogP contribution is 2.32. The van der Waals surface area contributed by atoms with Crippen LogP contribution in [0.3, 0.4) is 0 Å². The second kappa shape index (κ2) is 5.34. The van der Waals surface area contributed by atoms with Crippen molar-refractivity contribution in [1.29, 1.82) is 0 Å². The van der Waals surface area contributed by atoms with Gasteiger partial charge in [-0.2, -0.15) is 0 Å². The Kier molecular flexibility index (Phi) is 4.05. The molecule has 1 N–H and O–H groups in total. The molecule has 1 fully saturated rings. The Bertz CT molecular complexity index is 359. The molecule has 2 nitrogen and oxygen atoms in total. The molecule has 2 rings (SSSR count). The molecule has 5 heteroatoms. The van der Waals surface area contributed by atoms with Gasteiger partial charge in [-0.25, -0.2) is 4.39 Å². The quantitative estimate of drug-likeness (QED) is 0.919. The molecule has 1 aliphatic rings. The van der Waals surface area contributed by atoms with Crippen LogP contribution in [0, 0.1) is 11.7 Å². The number of ether oxygens (including phenoxy) is 1. The van der Waals surface area contributed by atoms with E-state index in [0.29, 0.717) is 15.4 Å². The molecule has 0 bridgehead atoms. The highest BCUT2D eigenvalue weighted by atomic mass is 79.9. The molecule has 0 radical (unpaired) electrons. The van der Waals surface area contributed by atoms with Gasteiger partial charge >= 0.3 is 0 Å². The first-order valence-corrected chi connectivity index (χ1v) is 6.30. The van der Waals surface area contributed by atoms with Crippen LogP contribution in [0.1, 0.15) is 6.42 Å². The first-order valence-electron chi connectivity index (χ1n) is 5.13. The van der Waals surface area contributed by atoms with E-state index in [1.54, 1.807) is 0 Å². The molecule has 16 heavy (non-hydrogen) atoms. The van der Waals surface area contributed by atoms with Crippen molar-refractivity contribution < 1.29 is 9.13 Å². The number of benzene rings is 1. The van der Waals surface area contributed by atoms with E-state index in [9.17, 15) is 4.39 Å². The Morgan fingerprint density at radius 2 is 2.38 bits per heavy atom. The Morgan fingerprint density at radius 1 is 1.56 bits per heavy atom. The Labute approximate surface area is 107 Å². The van der Waals surface area contributed by atoms with Crippen LogP contribution < -0.4 is 5.32 Å². The Morgan fingerprint density at radius 3 is 3.00 bits per heavy atom. The molecule has 1 heterocycles. The molecule has 1 aliphatic heterocycles. The fourth-order valence-corrected chi connectivity index (χ4v) is 2.66. The average Bonchev–Trinajstić information content (AvgIpc) is 2.68. The maximum absolute atomic E-state index is 13.0. The number of halogens is 3. The van der Waals surface area contributed by atoms with Gasteiger partial charge in [0.05, 0.1) is 17.3 Å². The summed E-state index contributed by atoms with van der Waals surface area (Å²) in [7, 11) is 0. The van der Waals surface area contributed by atoms with Crippen LogP contribution in [-0.2, 0) is 4.74 Å². The SMILES string of the molecule is Fc1cc(Cl)c(NCC2CCOC2)c(Br)c1. The number of hydrogen-bond donors (Lipinski definition) is 1. The van der Waals surface area contributed by atoms with Crippen LogP contribution in [0.4, 0.5) is 10.1 Å². The Hall–Kier alpha value is -0.320. The number of rotatable bonds is 3. The van der Waals surface area contributed by atoms with Gasteiger partial charge in [0.15, 0.2) is 0 Å². The summed E-state index contributed by atoms with van der Waals surface area (Å²) < 4.78 is 18.9. The summed E-state index contributed by atoms with van der Waals surface area (Å²) in [5.74, 6) is 0.166. The molecule has 88 valence electrons. The monoisotopic (exact) mass is 307 g/mol. The first kappa shape index (κ1) is 12.1. The lowest BCUT2D eigenvalue weighted by Crippen LogP contribution is -2.14. The molecule has 1 aromatic carbocycles. The second-order valence-electron chi connectivity index (χ2n) is 3.85. The van der Waals surface area contributed by atoms with Crippen LogP contribution >= 0.6 is 27.5 Å². The second-order valence-corrected chi connectivity index (χ2v) is 5.12. The number of anilines is 1. The van der Waals surface area contributed by atoms with Crippen LogP contribution in [0.15, 0.2) is 16.6 Å². The van der Waals surface area contributed by atoms with Crippen molar-refractivity contribution in [3.8, 4) is 0 Å². The minimum absolute atomic E-state index is 0.341. The molecule has 0 saturated carbocycles. The zero-order chi connectivity index (χ0) is 11.5. The molecular formula is C11H12BrClFNO. The molecule has 1 unspecified atom stereocenters. The van der Waals surface area contributed by atoms with E-state index in [4.69, 9.17) is 16.3 Å². The van der Waals surface area contributed by atoms with Gasteiger partial charge in [-0.3, -0.25) is 0 Å². The zero-order valence-electron chi connectivity index (χ0n) is 8.60. The summed E-state index contributed by atoms with van der Waals surface area (Å²) in [6.45, 7) is 2.40. The van der Waals surface area contributed by atoms with E-state index in [2.05, 4.69) is 21.2 Å². The summed E-state index contributed by atoms with van der Waals surface area (Å²) in [6.07, 6.45) is 1.06. The van der Waals surface area contributed by atoms with E-state index < -0.39 is 0 Å².